The van der Waals surface area contributed by atoms with Gasteiger partial charge in [-0.2, -0.15) is 0 Å². The van der Waals surface area contributed by atoms with Crippen LogP contribution in [0.15, 0.2) is 76.5 Å². The van der Waals surface area contributed by atoms with Gasteiger partial charge in [0.25, 0.3) is 0 Å². The van der Waals surface area contributed by atoms with Crippen LogP contribution in [0.4, 0.5) is 0 Å². The molecule has 0 bridgehead atoms. The van der Waals surface area contributed by atoms with Gasteiger partial charge in [-0.05, 0) is 66.6 Å². The molecule has 3 rings (SSSR count). The van der Waals surface area contributed by atoms with E-state index in [-0.39, 0.29) is 33.5 Å². The van der Waals surface area contributed by atoms with E-state index in [1.165, 1.54) is 30.3 Å². The van der Waals surface area contributed by atoms with Crippen LogP contribution in [0.2, 0.25) is 5.02 Å². The summed E-state index contributed by atoms with van der Waals surface area (Å²) in [6, 6.07) is 17.1. The molecule has 3 aromatic carbocycles. The lowest BCUT2D eigenvalue weighted by Gasteiger charge is -2.13. The lowest BCUT2D eigenvalue weighted by Crippen LogP contribution is -2.23. The minimum Gasteiger partial charge on any atom is -0.508 e. The standard InChI is InChI=1S/C24H24ClNO6S.ClH/c25-19-3-1-2-17(12-19)23(28)15-26-11-10-16-4-6-20(7-5-16)33(31,32)21-8-9-22(27)18(13-21)14-24(29)30;/h1-9,12-13,23,26-28H,10-11,14-15H2,(H,29,30);1H/t23-;/m1./s1. The number of carboxylic acids is 1. The fourth-order valence-electron chi connectivity index (χ4n) is 3.31. The summed E-state index contributed by atoms with van der Waals surface area (Å²) in [5.74, 6) is -1.43. The van der Waals surface area contributed by atoms with Crippen molar-refractivity contribution in [3.63, 3.8) is 0 Å². The SMILES string of the molecule is Cl.O=C(O)Cc1cc(S(=O)(=O)c2ccc(CCNC[C@@H](O)c3cccc(Cl)c3)cc2)ccc1O. The van der Waals surface area contributed by atoms with Crippen LogP contribution in [-0.4, -0.2) is 42.8 Å². The van der Waals surface area contributed by atoms with Gasteiger partial charge in [0.15, 0.2) is 0 Å². The molecule has 4 N–H and O–H groups in total. The van der Waals surface area contributed by atoms with Crippen LogP contribution in [0, 0.1) is 0 Å². The Kier molecular flexibility index (Phi) is 9.90. The van der Waals surface area contributed by atoms with Crippen molar-refractivity contribution < 1.29 is 28.5 Å². The molecule has 0 fully saturated rings. The van der Waals surface area contributed by atoms with Crippen LogP contribution in [-0.2, 0) is 27.5 Å². The summed E-state index contributed by atoms with van der Waals surface area (Å²) in [6.07, 6.45) is -0.537. The number of aliphatic hydroxyl groups is 1. The van der Waals surface area contributed by atoms with Crippen molar-refractivity contribution in [2.24, 2.45) is 0 Å². The maximum atomic E-state index is 12.9. The maximum absolute atomic E-state index is 12.9. The molecule has 7 nitrogen and oxygen atoms in total. The number of aliphatic carboxylic acids is 1. The van der Waals surface area contributed by atoms with Gasteiger partial charge in [-0.1, -0.05) is 35.9 Å². The Morgan fingerprint density at radius 3 is 2.32 bits per heavy atom. The molecule has 10 heteroatoms. The lowest BCUT2D eigenvalue weighted by atomic mass is 10.1. The first-order chi connectivity index (χ1) is 15.7. The Morgan fingerprint density at radius 2 is 1.68 bits per heavy atom. The Hall–Kier alpha value is -2.62. The second-order valence-corrected chi connectivity index (χ2v) is 9.92. The fraction of sp³-hybridized carbons (Fsp3) is 0.208. The first kappa shape index (κ1) is 27.6. The molecule has 0 saturated carbocycles. The predicted octanol–water partition coefficient (Wildman–Crippen LogP) is 3.79. The van der Waals surface area contributed by atoms with Crippen molar-refractivity contribution in [2.45, 2.75) is 28.7 Å². The average Bonchev–Trinajstić information content (AvgIpc) is 2.78. The largest absolute Gasteiger partial charge is 0.508 e. The second-order valence-electron chi connectivity index (χ2n) is 7.53. The number of phenols is 1. The van der Waals surface area contributed by atoms with Gasteiger partial charge in [-0.15, -0.1) is 12.4 Å². The van der Waals surface area contributed by atoms with E-state index >= 15 is 0 Å². The molecule has 34 heavy (non-hydrogen) atoms. The van der Waals surface area contributed by atoms with Gasteiger partial charge in [-0.3, -0.25) is 4.79 Å². The highest BCUT2D eigenvalue weighted by Gasteiger charge is 2.20. The topological polar surface area (TPSA) is 124 Å². The van der Waals surface area contributed by atoms with E-state index in [0.29, 0.717) is 24.5 Å². The first-order valence-electron chi connectivity index (χ1n) is 10.2. The van der Waals surface area contributed by atoms with Crippen LogP contribution < -0.4 is 5.32 Å². The molecular formula is C24H25Cl2NO6S. The molecule has 3 aromatic rings. The molecular weight excluding hydrogens is 501 g/mol. The van der Waals surface area contributed by atoms with Crippen molar-refractivity contribution in [2.75, 3.05) is 13.1 Å². The molecule has 0 radical (unpaired) electrons. The number of hydrogen-bond acceptors (Lipinski definition) is 6. The Bertz CT molecular complexity index is 1230. The zero-order chi connectivity index (χ0) is 24.0. The minimum absolute atomic E-state index is 0. The lowest BCUT2D eigenvalue weighted by molar-refractivity contribution is -0.136. The highest BCUT2D eigenvalue weighted by atomic mass is 35.5. The van der Waals surface area contributed by atoms with E-state index in [2.05, 4.69) is 5.32 Å². The van der Waals surface area contributed by atoms with Crippen LogP contribution in [0.3, 0.4) is 0 Å². The number of aliphatic hydroxyl groups excluding tert-OH is 1. The summed E-state index contributed by atoms with van der Waals surface area (Å²) < 4.78 is 25.8. The average molecular weight is 526 g/mol. The molecule has 0 unspecified atom stereocenters. The Morgan fingerprint density at radius 1 is 1.00 bits per heavy atom. The number of carbonyl (C=O) groups is 1. The quantitative estimate of drug-likeness (QED) is 0.297. The zero-order valence-corrected chi connectivity index (χ0v) is 20.4. The van der Waals surface area contributed by atoms with Crippen LogP contribution in [0.5, 0.6) is 5.75 Å². The van der Waals surface area contributed by atoms with Crippen LogP contribution in [0.25, 0.3) is 0 Å². The van der Waals surface area contributed by atoms with Gasteiger partial charge in [-0.25, -0.2) is 8.42 Å². The molecule has 0 aliphatic heterocycles. The van der Waals surface area contributed by atoms with Gasteiger partial charge in [0, 0.05) is 17.1 Å². The minimum atomic E-state index is -3.86. The molecule has 0 spiro atoms. The third-order valence-corrected chi connectivity index (χ3v) is 7.10. The van der Waals surface area contributed by atoms with Gasteiger partial charge < -0.3 is 20.6 Å². The summed E-state index contributed by atoms with van der Waals surface area (Å²) in [7, 11) is -3.86. The molecule has 0 heterocycles. The zero-order valence-electron chi connectivity index (χ0n) is 18.0. The molecule has 0 aromatic heterocycles. The number of carboxylic acid groups (broad SMARTS) is 1. The molecule has 0 amide bonds. The van der Waals surface area contributed by atoms with E-state index in [0.717, 1.165) is 11.1 Å². The van der Waals surface area contributed by atoms with E-state index < -0.39 is 28.3 Å². The Labute approximate surface area is 209 Å². The van der Waals surface area contributed by atoms with E-state index in [9.17, 15) is 23.4 Å². The van der Waals surface area contributed by atoms with Crippen molar-refractivity contribution in [3.05, 3.63) is 88.4 Å². The second kappa shape index (κ2) is 12.2. The highest BCUT2D eigenvalue weighted by molar-refractivity contribution is 7.91. The monoisotopic (exact) mass is 525 g/mol. The number of nitrogens with one attached hydrogen (secondary N) is 1. The number of hydrogen-bond donors (Lipinski definition) is 4. The van der Waals surface area contributed by atoms with Crippen LogP contribution >= 0.6 is 24.0 Å². The predicted molar refractivity (Wildman–Crippen MR) is 132 cm³/mol. The van der Waals surface area contributed by atoms with E-state index in [1.54, 1.807) is 36.4 Å². The maximum Gasteiger partial charge on any atom is 0.307 e. The van der Waals surface area contributed by atoms with Crippen molar-refractivity contribution in [1.82, 2.24) is 5.32 Å². The summed E-state index contributed by atoms with van der Waals surface area (Å²) in [5, 5.41) is 32.7. The number of halogens is 2. The fourth-order valence-corrected chi connectivity index (χ4v) is 4.82. The number of aromatic hydroxyl groups is 1. The van der Waals surface area contributed by atoms with Crippen molar-refractivity contribution in [3.8, 4) is 5.75 Å². The number of rotatable bonds is 10. The Balaban J connectivity index is 0.00000408. The third kappa shape index (κ3) is 7.19. The van der Waals surface area contributed by atoms with Gasteiger partial charge in [0.05, 0.1) is 22.3 Å². The number of benzene rings is 3. The molecule has 182 valence electrons. The molecule has 0 saturated heterocycles. The van der Waals surface area contributed by atoms with E-state index in [1.807, 2.05) is 0 Å². The van der Waals surface area contributed by atoms with Crippen LogP contribution in [0.1, 0.15) is 22.8 Å². The molecule has 1 atom stereocenters. The molecule has 0 aliphatic carbocycles. The smallest absolute Gasteiger partial charge is 0.307 e. The number of phenolic OH excluding ortho intramolecular Hbond substituents is 1. The third-order valence-electron chi connectivity index (χ3n) is 5.10. The highest BCUT2D eigenvalue weighted by Crippen LogP contribution is 2.27. The summed E-state index contributed by atoms with van der Waals surface area (Å²) in [6.45, 7) is 0.937. The van der Waals surface area contributed by atoms with Crippen molar-refractivity contribution >= 4 is 39.8 Å². The van der Waals surface area contributed by atoms with Crippen molar-refractivity contribution in [1.29, 1.82) is 0 Å². The first-order valence-corrected chi connectivity index (χ1v) is 12.0. The summed E-state index contributed by atoms with van der Waals surface area (Å²) >= 11 is 5.94. The van der Waals surface area contributed by atoms with E-state index in [4.69, 9.17) is 16.7 Å². The van der Waals surface area contributed by atoms with Gasteiger partial charge in [0.2, 0.25) is 9.84 Å². The normalized spacial score (nSPS) is 12.1. The van der Waals surface area contributed by atoms with Gasteiger partial charge >= 0.3 is 5.97 Å². The summed E-state index contributed by atoms with van der Waals surface area (Å²) in [5.41, 5.74) is 1.67. The number of sulfone groups is 1. The van der Waals surface area contributed by atoms with Gasteiger partial charge in [0.1, 0.15) is 5.75 Å². The summed E-state index contributed by atoms with van der Waals surface area (Å²) in [4.78, 5) is 10.9. The molecule has 0 aliphatic rings.